The molecule has 0 aromatic rings. The van der Waals surface area contributed by atoms with Gasteiger partial charge in [-0.3, -0.25) is 0 Å². The molecular weight excluding hydrogens is 168 g/mol. The van der Waals surface area contributed by atoms with Gasteiger partial charge in [0.25, 0.3) is 0 Å². The lowest BCUT2D eigenvalue weighted by Gasteiger charge is -2.25. The van der Waals surface area contributed by atoms with E-state index in [2.05, 4.69) is 0 Å². The van der Waals surface area contributed by atoms with Crippen molar-refractivity contribution in [3.63, 3.8) is 0 Å². The number of amides is 1. The highest BCUT2D eigenvalue weighted by atomic mass is 16.4. The van der Waals surface area contributed by atoms with E-state index in [-0.39, 0.29) is 12.0 Å². The number of nitriles is 1. The Balaban J connectivity index is 4.53. The Morgan fingerprint density at radius 1 is 1.62 bits per heavy atom. The molecule has 0 aromatic heterocycles. The molecule has 4 nitrogen and oxygen atoms in total. The lowest BCUT2D eigenvalue weighted by molar-refractivity contribution is 0.137. The van der Waals surface area contributed by atoms with Crippen LogP contribution in [0.1, 0.15) is 13.8 Å². The Morgan fingerprint density at radius 2 is 2.15 bits per heavy atom. The molecule has 1 amide bonds. The minimum absolute atomic E-state index is 0.158. The molecule has 0 unspecified atom stereocenters. The zero-order valence-corrected chi connectivity index (χ0v) is 8.06. The first-order chi connectivity index (χ1) is 6.00. The molecule has 0 aromatic carbocycles. The van der Waals surface area contributed by atoms with Crippen LogP contribution in [0.15, 0.2) is 12.2 Å². The number of hydrogen-bond donors (Lipinski definition) is 1. The highest BCUT2D eigenvalue weighted by molar-refractivity contribution is 5.65. The van der Waals surface area contributed by atoms with Gasteiger partial charge in [-0.2, -0.15) is 5.26 Å². The van der Waals surface area contributed by atoms with E-state index in [9.17, 15) is 4.79 Å². The van der Waals surface area contributed by atoms with Gasteiger partial charge in [0.2, 0.25) is 0 Å². The van der Waals surface area contributed by atoms with Crippen LogP contribution in [0.2, 0.25) is 0 Å². The fourth-order valence-corrected chi connectivity index (χ4v) is 1.07. The van der Waals surface area contributed by atoms with Crippen molar-refractivity contribution in [3.8, 4) is 6.07 Å². The summed E-state index contributed by atoms with van der Waals surface area (Å²) in [7, 11) is 1.49. The van der Waals surface area contributed by atoms with Crippen LogP contribution in [0.4, 0.5) is 4.79 Å². The van der Waals surface area contributed by atoms with Crippen molar-refractivity contribution >= 4 is 6.09 Å². The van der Waals surface area contributed by atoms with Crippen LogP contribution < -0.4 is 0 Å². The Bertz CT molecular complexity index is 240. The molecule has 0 bridgehead atoms. The molecule has 0 spiro atoms. The quantitative estimate of drug-likeness (QED) is 0.675. The fraction of sp³-hybridized carbons (Fsp3) is 0.556. The Labute approximate surface area is 78.1 Å². The van der Waals surface area contributed by atoms with E-state index < -0.39 is 6.09 Å². The minimum atomic E-state index is -0.985. The van der Waals surface area contributed by atoms with Crippen molar-refractivity contribution in [1.29, 1.82) is 5.26 Å². The van der Waals surface area contributed by atoms with E-state index in [0.717, 1.165) is 0 Å². The number of allylic oxidation sites excluding steroid dienone is 1. The second kappa shape index (κ2) is 5.20. The maximum atomic E-state index is 10.6. The smallest absolute Gasteiger partial charge is 0.407 e. The molecule has 0 saturated carbocycles. The van der Waals surface area contributed by atoms with Gasteiger partial charge in [-0.25, -0.2) is 4.79 Å². The first-order valence-corrected chi connectivity index (χ1v) is 4.02. The lowest BCUT2D eigenvalue weighted by Crippen LogP contribution is -2.38. The van der Waals surface area contributed by atoms with E-state index in [0.29, 0.717) is 0 Å². The molecule has 0 saturated heterocycles. The third kappa shape index (κ3) is 3.61. The summed E-state index contributed by atoms with van der Waals surface area (Å²) >= 11 is 0. The van der Waals surface area contributed by atoms with E-state index in [1.54, 1.807) is 6.08 Å². The summed E-state index contributed by atoms with van der Waals surface area (Å²) in [5.74, 6) is 0.158. The molecule has 0 aliphatic rings. The molecule has 1 atom stereocenters. The Kier molecular flexibility index (Phi) is 4.60. The summed E-state index contributed by atoms with van der Waals surface area (Å²) < 4.78 is 0. The van der Waals surface area contributed by atoms with Gasteiger partial charge in [-0.15, -0.1) is 0 Å². The highest BCUT2D eigenvalue weighted by Gasteiger charge is 2.19. The molecule has 0 radical (unpaired) electrons. The van der Waals surface area contributed by atoms with E-state index >= 15 is 0 Å². The van der Waals surface area contributed by atoms with Gasteiger partial charge in [0.05, 0.1) is 12.1 Å². The molecule has 13 heavy (non-hydrogen) atoms. The Morgan fingerprint density at radius 3 is 2.46 bits per heavy atom. The maximum Gasteiger partial charge on any atom is 0.407 e. The summed E-state index contributed by atoms with van der Waals surface area (Å²) in [6, 6.07) is 1.61. The maximum absolute atomic E-state index is 10.6. The summed E-state index contributed by atoms with van der Waals surface area (Å²) in [4.78, 5) is 11.8. The molecule has 1 N–H and O–H groups in total. The third-order valence-corrected chi connectivity index (χ3v) is 1.80. The zero-order chi connectivity index (χ0) is 10.4. The van der Waals surface area contributed by atoms with Crippen molar-refractivity contribution in [1.82, 2.24) is 4.90 Å². The number of hydrogen-bond acceptors (Lipinski definition) is 2. The van der Waals surface area contributed by atoms with Crippen molar-refractivity contribution in [2.75, 3.05) is 7.05 Å². The van der Waals surface area contributed by atoms with Gasteiger partial charge in [0.15, 0.2) is 0 Å². The second-order valence-corrected chi connectivity index (χ2v) is 3.12. The largest absolute Gasteiger partial charge is 0.465 e. The summed E-state index contributed by atoms with van der Waals surface area (Å²) in [6.45, 7) is 3.82. The summed E-state index contributed by atoms with van der Waals surface area (Å²) in [5, 5.41) is 17.0. The average molecular weight is 182 g/mol. The van der Waals surface area contributed by atoms with Crippen LogP contribution in [0.3, 0.4) is 0 Å². The molecule has 72 valence electrons. The summed E-state index contributed by atoms with van der Waals surface area (Å²) in [6.07, 6.45) is 1.92. The molecule has 4 heteroatoms. The van der Waals surface area contributed by atoms with Gasteiger partial charge < -0.3 is 10.0 Å². The monoisotopic (exact) mass is 182 g/mol. The summed E-state index contributed by atoms with van der Waals surface area (Å²) in [5.41, 5.74) is 0. The van der Waals surface area contributed by atoms with Crippen LogP contribution in [0, 0.1) is 17.2 Å². The van der Waals surface area contributed by atoms with E-state index in [1.165, 1.54) is 18.0 Å². The molecular formula is C9H14N2O2. The van der Waals surface area contributed by atoms with Gasteiger partial charge in [0, 0.05) is 13.1 Å². The Hall–Kier alpha value is -1.50. The van der Waals surface area contributed by atoms with Gasteiger partial charge >= 0.3 is 6.09 Å². The van der Waals surface area contributed by atoms with Crippen molar-refractivity contribution in [2.24, 2.45) is 5.92 Å². The number of likely N-dealkylation sites (N-methyl/N-ethyl adjacent to an activating group) is 1. The van der Waals surface area contributed by atoms with Crippen LogP contribution in [0.5, 0.6) is 0 Å². The van der Waals surface area contributed by atoms with Crippen molar-refractivity contribution in [3.05, 3.63) is 12.2 Å². The number of nitrogens with zero attached hydrogens (tertiary/aromatic N) is 2. The fourth-order valence-electron chi connectivity index (χ4n) is 1.07. The van der Waals surface area contributed by atoms with Crippen molar-refractivity contribution < 1.29 is 9.90 Å². The number of carboxylic acid groups (broad SMARTS) is 1. The molecule has 0 fully saturated rings. The number of rotatable bonds is 3. The number of carbonyl (C=O) groups is 1. The predicted molar refractivity (Wildman–Crippen MR) is 49.2 cm³/mol. The van der Waals surface area contributed by atoms with Crippen LogP contribution in [0.25, 0.3) is 0 Å². The van der Waals surface area contributed by atoms with Gasteiger partial charge in [-0.1, -0.05) is 19.9 Å². The highest BCUT2D eigenvalue weighted by Crippen LogP contribution is 2.10. The van der Waals surface area contributed by atoms with Gasteiger partial charge in [-0.05, 0) is 5.92 Å². The SMILES string of the molecule is CC(C)[C@@H](/C=C/C#N)N(C)C(=O)O. The van der Waals surface area contributed by atoms with Crippen LogP contribution in [-0.4, -0.2) is 29.2 Å². The van der Waals surface area contributed by atoms with Crippen LogP contribution >= 0.6 is 0 Å². The van der Waals surface area contributed by atoms with Gasteiger partial charge in [0.1, 0.15) is 0 Å². The first kappa shape index (κ1) is 11.5. The minimum Gasteiger partial charge on any atom is -0.465 e. The van der Waals surface area contributed by atoms with Crippen LogP contribution in [-0.2, 0) is 0 Å². The molecule has 0 rings (SSSR count). The zero-order valence-electron chi connectivity index (χ0n) is 8.06. The molecule has 0 aliphatic carbocycles. The van der Waals surface area contributed by atoms with E-state index in [4.69, 9.17) is 10.4 Å². The standard InChI is InChI=1S/C9H14N2O2/c1-7(2)8(5-4-6-10)11(3)9(12)13/h4-5,7-8H,1-3H3,(H,12,13)/b5-4+/t8-/m1/s1. The predicted octanol–water partition coefficient (Wildman–Crippen LogP) is 1.70. The lowest BCUT2D eigenvalue weighted by atomic mass is 10.0. The van der Waals surface area contributed by atoms with Crippen molar-refractivity contribution in [2.45, 2.75) is 19.9 Å². The van der Waals surface area contributed by atoms with E-state index in [1.807, 2.05) is 19.9 Å². The second-order valence-electron chi connectivity index (χ2n) is 3.12. The first-order valence-electron chi connectivity index (χ1n) is 4.02. The molecule has 0 heterocycles. The average Bonchev–Trinajstić information content (AvgIpc) is 2.04. The third-order valence-electron chi connectivity index (χ3n) is 1.80. The molecule has 0 aliphatic heterocycles. The normalized spacial score (nSPS) is 12.8. The topological polar surface area (TPSA) is 64.3 Å².